The Balaban J connectivity index is 1.57. The van der Waals surface area contributed by atoms with Gasteiger partial charge in [0.15, 0.2) is 11.5 Å². The number of benzene rings is 2. The number of hydrogen-bond acceptors (Lipinski definition) is 4. The quantitative estimate of drug-likeness (QED) is 0.730. The van der Waals surface area contributed by atoms with E-state index >= 15 is 0 Å². The summed E-state index contributed by atoms with van der Waals surface area (Å²) in [4.78, 5) is 24.4. The molecule has 7 nitrogen and oxygen atoms in total. The van der Waals surface area contributed by atoms with Crippen LogP contribution in [0.25, 0.3) is 0 Å². The number of nitrogens with one attached hydrogen (secondary N) is 3. The zero-order valence-corrected chi connectivity index (χ0v) is 15.4. The fourth-order valence-corrected chi connectivity index (χ4v) is 2.72. The monoisotopic (exact) mass is 369 g/mol. The van der Waals surface area contributed by atoms with Gasteiger partial charge in [-0.25, -0.2) is 4.79 Å². The average Bonchev–Trinajstić information content (AvgIpc) is 3.09. The lowest BCUT2D eigenvalue weighted by Crippen LogP contribution is -2.35. The second-order valence-electron chi connectivity index (χ2n) is 6.49. The zero-order valence-electron chi connectivity index (χ0n) is 15.4. The molecule has 2 aromatic carbocycles. The fourth-order valence-electron chi connectivity index (χ4n) is 2.72. The van der Waals surface area contributed by atoms with Crippen LogP contribution >= 0.6 is 0 Å². The van der Waals surface area contributed by atoms with E-state index in [2.05, 4.69) is 16.0 Å². The van der Waals surface area contributed by atoms with Crippen molar-refractivity contribution in [2.45, 2.75) is 26.3 Å². The lowest BCUT2D eigenvalue weighted by atomic mass is 10.1. The lowest BCUT2D eigenvalue weighted by Gasteiger charge is -2.13. The third-order valence-electron chi connectivity index (χ3n) is 3.98. The van der Waals surface area contributed by atoms with Crippen molar-refractivity contribution in [2.24, 2.45) is 0 Å². The summed E-state index contributed by atoms with van der Waals surface area (Å²) in [6, 6.07) is 12.3. The Labute approximate surface area is 158 Å². The molecule has 0 unspecified atom stereocenters. The molecule has 7 heteroatoms. The normalized spacial score (nSPS) is 12.0. The minimum absolute atomic E-state index is 0.00712. The van der Waals surface area contributed by atoms with Gasteiger partial charge in [-0.3, -0.25) is 4.79 Å². The van der Waals surface area contributed by atoms with Crippen molar-refractivity contribution in [3.63, 3.8) is 0 Å². The van der Waals surface area contributed by atoms with E-state index in [4.69, 9.17) is 9.47 Å². The minimum Gasteiger partial charge on any atom is -0.454 e. The molecule has 1 aliphatic heterocycles. The molecule has 3 N–H and O–H groups in total. The van der Waals surface area contributed by atoms with Gasteiger partial charge in [0.05, 0.1) is 11.3 Å². The molecular formula is C20H23N3O4. The summed E-state index contributed by atoms with van der Waals surface area (Å²) in [5.41, 5.74) is 1.93. The van der Waals surface area contributed by atoms with Gasteiger partial charge in [-0.1, -0.05) is 18.2 Å². The summed E-state index contributed by atoms with van der Waals surface area (Å²) >= 11 is 0. The van der Waals surface area contributed by atoms with Gasteiger partial charge in [0.2, 0.25) is 6.79 Å². The molecule has 0 saturated carbocycles. The second-order valence-corrected chi connectivity index (χ2v) is 6.49. The Morgan fingerprint density at radius 3 is 2.67 bits per heavy atom. The molecule has 0 bridgehead atoms. The van der Waals surface area contributed by atoms with E-state index in [1.165, 1.54) is 0 Å². The molecule has 0 aliphatic carbocycles. The van der Waals surface area contributed by atoms with Crippen molar-refractivity contribution < 1.29 is 19.1 Å². The first kappa shape index (κ1) is 18.6. The Bertz CT molecular complexity index is 836. The van der Waals surface area contributed by atoms with Crippen LogP contribution in [0.1, 0.15) is 29.8 Å². The minimum atomic E-state index is -0.342. The molecule has 0 radical (unpaired) electrons. The van der Waals surface area contributed by atoms with Crippen molar-refractivity contribution in [3.8, 4) is 11.5 Å². The largest absolute Gasteiger partial charge is 0.454 e. The Hall–Kier alpha value is -3.22. The highest BCUT2D eigenvalue weighted by Crippen LogP contribution is 2.32. The maximum Gasteiger partial charge on any atom is 0.319 e. The molecule has 142 valence electrons. The average molecular weight is 369 g/mol. The number of fused-ring (bicyclic) bond motifs is 1. The van der Waals surface area contributed by atoms with Gasteiger partial charge in [-0.2, -0.15) is 0 Å². The van der Waals surface area contributed by atoms with E-state index in [9.17, 15) is 9.59 Å². The van der Waals surface area contributed by atoms with Crippen LogP contribution in [-0.4, -0.2) is 31.3 Å². The molecule has 0 aromatic heterocycles. The molecule has 0 saturated heterocycles. The highest BCUT2D eigenvalue weighted by molar-refractivity contribution is 6.03. The Kier molecular flexibility index (Phi) is 5.80. The number of amides is 3. The molecule has 3 rings (SSSR count). The van der Waals surface area contributed by atoms with Gasteiger partial charge in [-0.15, -0.1) is 0 Å². The molecule has 27 heavy (non-hydrogen) atoms. The van der Waals surface area contributed by atoms with Crippen LogP contribution in [0.2, 0.25) is 0 Å². The number of para-hydroxylation sites is 1. The number of carbonyl (C=O) groups is 2. The number of hydrogen-bond donors (Lipinski definition) is 3. The van der Waals surface area contributed by atoms with Crippen molar-refractivity contribution >= 4 is 17.6 Å². The maximum atomic E-state index is 12.5. The van der Waals surface area contributed by atoms with Crippen molar-refractivity contribution in [1.29, 1.82) is 0 Å². The molecule has 0 atom stereocenters. The molecule has 1 heterocycles. The lowest BCUT2D eigenvalue weighted by molar-refractivity contribution is 0.0955. The van der Waals surface area contributed by atoms with Crippen molar-refractivity contribution in [3.05, 3.63) is 53.6 Å². The number of ether oxygens (including phenoxy) is 2. The summed E-state index contributed by atoms with van der Waals surface area (Å²) in [5, 5.41) is 8.34. The predicted molar refractivity (Wildman–Crippen MR) is 102 cm³/mol. The van der Waals surface area contributed by atoms with Gasteiger partial charge in [0.1, 0.15) is 0 Å². The Morgan fingerprint density at radius 1 is 1.07 bits per heavy atom. The van der Waals surface area contributed by atoms with Crippen LogP contribution in [0.4, 0.5) is 10.5 Å². The first-order valence-corrected chi connectivity index (χ1v) is 8.86. The molecule has 2 aromatic rings. The summed E-state index contributed by atoms with van der Waals surface area (Å²) in [7, 11) is 0. The van der Waals surface area contributed by atoms with Gasteiger partial charge in [-0.05, 0) is 50.1 Å². The second kappa shape index (κ2) is 8.44. The van der Waals surface area contributed by atoms with E-state index in [0.717, 1.165) is 17.1 Å². The molecule has 3 amide bonds. The van der Waals surface area contributed by atoms with Crippen molar-refractivity contribution in [2.75, 3.05) is 18.7 Å². The van der Waals surface area contributed by atoms with Crippen LogP contribution in [0.5, 0.6) is 11.5 Å². The van der Waals surface area contributed by atoms with Crippen LogP contribution in [0, 0.1) is 0 Å². The van der Waals surface area contributed by atoms with E-state index in [1.807, 2.05) is 32.0 Å². The summed E-state index contributed by atoms with van der Waals surface area (Å²) in [6.07, 6.45) is 0.659. The number of rotatable bonds is 6. The SMILES string of the molecule is CC(C)NC(=O)Nc1ccccc1C(=O)NCCc1ccc2c(c1)OCO2. The number of carbonyl (C=O) groups excluding carboxylic acids is 2. The van der Waals surface area contributed by atoms with Gasteiger partial charge in [0, 0.05) is 12.6 Å². The molecule has 1 aliphatic rings. The third kappa shape index (κ3) is 4.91. The standard InChI is InChI=1S/C20H23N3O4/c1-13(2)22-20(25)23-16-6-4-3-5-15(16)19(24)21-10-9-14-7-8-17-18(11-14)27-12-26-17/h3-8,11,13H,9-10,12H2,1-2H3,(H,21,24)(H2,22,23,25). The Morgan fingerprint density at radius 2 is 1.85 bits per heavy atom. The third-order valence-corrected chi connectivity index (χ3v) is 3.98. The number of anilines is 1. The fraction of sp³-hybridized carbons (Fsp3) is 0.300. The van der Waals surface area contributed by atoms with E-state index in [0.29, 0.717) is 24.2 Å². The topological polar surface area (TPSA) is 88.7 Å². The number of urea groups is 1. The first-order valence-electron chi connectivity index (χ1n) is 8.86. The van der Waals surface area contributed by atoms with E-state index < -0.39 is 0 Å². The zero-order chi connectivity index (χ0) is 19.2. The summed E-state index contributed by atoms with van der Waals surface area (Å²) in [5.74, 6) is 1.23. The predicted octanol–water partition coefficient (Wildman–Crippen LogP) is 2.92. The maximum absolute atomic E-state index is 12.5. The van der Waals surface area contributed by atoms with Crippen LogP contribution in [0.15, 0.2) is 42.5 Å². The molecular weight excluding hydrogens is 346 g/mol. The highest BCUT2D eigenvalue weighted by atomic mass is 16.7. The van der Waals surface area contributed by atoms with Gasteiger partial charge in [0.25, 0.3) is 5.91 Å². The van der Waals surface area contributed by atoms with Gasteiger partial charge < -0.3 is 25.4 Å². The smallest absolute Gasteiger partial charge is 0.319 e. The van der Waals surface area contributed by atoms with Crippen molar-refractivity contribution in [1.82, 2.24) is 10.6 Å². The van der Waals surface area contributed by atoms with Crippen LogP contribution in [0.3, 0.4) is 0 Å². The summed E-state index contributed by atoms with van der Waals surface area (Å²) < 4.78 is 10.7. The highest BCUT2D eigenvalue weighted by Gasteiger charge is 2.15. The molecule has 0 spiro atoms. The van der Waals surface area contributed by atoms with Gasteiger partial charge >= 0.3 is 6.03 Å². The summed E-state index contributed by atoms with van der Waals surface area (Å²) in [6.45, 7) is 4.44. The van der Waals surface area contributed by atoms with Crippen LogP contribution < -0.4 is 25.4 Å². The molecule has 0 fully saturated rings. The van der Waals surface area contributed by atoms with E-state index in [-0.39, 0.29) is 24.8 Å². The van der Waals surface area contributed by atoms with Crippen LogP contribution in [-0.2, 0) is 6.42 Å². The van der Waals surface area contributed by atoms with E-state index in [1.54, 1.807) is 24.3 Å². The first-order chi connectivity index (χ1) is 13.0.